The van der Waals surface area contributed by atoms with E-state index in [2.05, 4.69) is 38.2 Å². The number of amides is 1. The second-order valence-corrected chi connectivity index (χ2v) is 17.9. The molecule has 0 rings (SSSR count). The lowest BCUT2D eigenvalue weighted by Gasteiger charge is -2.24. The number of esters is 1. The molecule has 0 fully saturated rings. The molecule has 0 heterocycles. The number of rotatable bonds is 47. The van der Waals surface area contributed by atoms with Gasteiger partial charge in [0.15, 0.2) is 0 Å². The third kappa shape index (κ3) is 41.3. The summed E-state index contributed by atoms with van der Waals surface area (Å²) < 4.78 is 5.90. The van der Waals surface area contributed by atoms with E-state index < -0.39 is 18.2 Å². The van der Waals surface area contributed by atoms with E-state index >= 15 is 0 Å². The first kappa shape index (κ1) is 56.6. The standard InChI is InChI=1S/C52H101NO5/c1-4-7-10-13-16-19-21-23-25-26-27-28-30-32-35-38-41-44-50(55)49(47-54)53-51(56)46-48(43-40-37-34-18-15-12-9-6-3)58-52(57)45-42-39-36-33-31-29-24-22-20-17-14-11-8-5-2/h12,15,48-50,54-55H,4-11,13-14,16-47H2,1-3H3,(H,53,56)/b15-12-. The van der Waals surface area contributed by atoms with Gasteiger partial charge in [-0.05, 0) is 44.9 Å². The van der Waals surface area contributed by atoms with Crippen molar-refractivity contribution in [3.63, 3.8) is 0 Å². The molecule has 6 nitrogen and oxygen atoms in total. The van der Waals surface area contributed by atoms with Gasteiger partial charge in [-0.1, -0.05) is 238 Å². The topological polar surface area (TPSA) is 95.9 Å². The summed E-state index contributed by atoms with van der Waals surface area (Å²) in [5.41, 5.74) is 0. The minimum atomic E-state index is -0.785. The molecule has 6 heteroatoms. The maximum absolute atomic E-state index is 13.1. The number of nitrogens with one attached hydrogen (secondary N) is 1. The molecule has 0 saturated heterocycles. The molecule has 0 aliphatic rings. The number of hydrogen-bond acceptors (Lipinski definition) is 5. The molecule has 0 aromatic carbocycles. The Morgan fingerprint density at radius 2 is 0.862 bits per heavy atom. The highest BCUT2D eigenvalue weighted by Crippen LogP contribution is 2.18. The zero-order chi connectivity index (χ0) is 42.4. The summed E-state index contributed by atoms with van der Waals surface area (Å²) >= 11 is 0. The van der Waals surface area contributed by atoms with Crippen molar-refractivity contribution in [3.8, 4) is 0 Å². The second kappa shape index (κ2) is 46.7. The van der Waals surface area contributed by atoms with Crippen LogP contribution < -0.4 is 5.32 Å². The molecule has 3 atom stereocenters. The summed E-state index contributed by atoms with van der Waals surface area (Å²) in [7, 11) is 0. The molecule has 0 aromatic heterocycles. The van der Waals surface area contributed by atoms with Crippen LogP contribution in [0.3, 0.4) is 0 Å². The van der Waals surface area contributed by atoms with E-state index in [0.29, 0.717) is 19.3 Å². The van der Waals surface area contributed by atoms with Crippen LogP contribution in [-0.4, -0.2) is 46.9 Å². The molecule has 344 valence electrons. The Hall–Kier alpha value is -1.40. The number of carbonyl (C=O) groups is 2. The molecule has 0 spiro atoms. The molecule has 3 unspecified atom stereocenters. The molecule has 0 saturated carbocycles. The molecule has 1 amide bonds. The van der Waals surface area contributed by atoms with Gasteiger partial charge in [-0.15, -0.1) is 0 Å². The summed E-state index contributed by atoms with van der Waals surface area (Å²) in [6.07, 6.45) is 51.4. The number of aliphatic hydroxyl groups is 2. The largest absolute Gasteiger partial charge is 0.462 e. The van der Waals surface area contributed by atoms with Crippen molar-refractivity contribution in [2.45, 2.75) is 302 Å². The van der Waals surface area contributed by atoms with Crippen molar-refractivity contribution in [1.82, 2.24) is 5.32 Å². The van der Waals surface area contributed by atoms with Gasteiger partial charge in [0.05, 0.1) is 25.2 Å². The molecule has 0 aromatic rings. The Labute approximate surface area is 361 Å². The number of allylic oxidation sites excluding steroid dienone is 2. The lowest BCUT2D eigenvalue weighted by Crippen LogP contribution is -2.46. The van der Waals surface area contributed by atoms with Gasteiger partial charge in [0.1, 0.15) is 6.10 Å². The Balaban J connectivity index is 4.34. The van der Waals surface area contributed by atoms with Crippen LogP contribution in [0.4, 0.5) is 0 Å². The first-order valence-corrected chi connectivity index (χ1v) is 25.9. The monoisotopic (exact) mass is 820 g/mol. The van der Waals surface area contributed by atoms with E-state index in [0.717, 1.165) is 64.2 Å². The van der Waals surface area contributed by atoms with Crippen molar-refractivity contribution in [3.05, 3.63) is 12.2 Å². The van der Waals surface area contributed by atoms with Crippen molar-refractivity contribution >= 4 is 11.9 Å². The summed E-state index contributed by atoms with van der Waals surface area (Å²) in [5.74, 6) is -0.478. The number of aliphatic hydroxyl groups excluding tert-OH is 2. The third-order valence-electron chi connectivity index (χ3n) is 12.1. The number of unbranched alkanes of at least 4 members (excludes halogenated alkanes) is 33. The van der Waals surface area contributed by atoms with Gasteiger partial charge < -0.3 is 20.3 Å². The van der Waals surface area contributed by atoms with Crippen molar-refractivity contribution < 1.29 is 24.5 Å². The quantitative estimate of drug-likeness (QED) is 0.0323. The van der Waals surface area contributed by atoms with Crippen LogP contribution in [-0.2, 0) is 14.3 Å². The third-order valence-corrected chi connectivity index (χ3v) is 12.1. The van der Waals surface area contributed by atoms with Crippen LogP contribution in [0.1, 0.15) is 284 Å². The average Bonchev–Trinajstić information content (AvgIpc) is 3.22. The van der Waals surface area contributed by atoms with Gasteiger partial charge in [0.2, 0.25) is 5.91 Å². The summed E-state index contributed by atoms with van der Waals surface area (Å²) in [5, 5.41) is 23.7. The molecule has 0 bridgehead atoms. The Morgan fingerprint density at radius 1 is 0.483 bits per heavy atom. The minimum absolute atomic E-state index is 0.0726. The van der Waals surface area contributed by atoms with Gasteiger partial charge >= 0.3 is 5.97 Å². The fourth-order valence-corrected chi connectivity index (χ4v) is 8.14. The van der Waals surface area contributed by atoms with Gasteiger partial charge in [0, 0.05) is 6.42 Å². The second-order valence-electron chi connectivity index (χ2n) is 17.9. The number of ether oxygens (including phenoxy) is 1. The van der Waals surface area contributed by atoms with Crippen LogP contribution in [0.5, 0.6) is 0 Å². The van der Waals surface area contributed by atoms with Crippen LogP contribution in [0.25, 0.3) is 0 Å². The Kier molecular flexibility index (Phi) is 45.5. The zero-order valence-electron chi connectivity index (χ0n) is 39.2. The van der Waals surface area contributed by atoms with E-state index in [-0.39, 0.29) is 24.9 Å². The smallest absolute Gasteiger partial charge is 0.306 e. The predicted octanol–water partition coefficient (Wildman–Crippen LogP) is 15.3. The first-order chi connectivity index (χ1) is 28.5. The van der Waals surface area contributed by atoms with Gasteiger partial charge in [-0.25, -0.2) is 0 Å². The maximum atomic E-state index is 13.1. The van der Waals surface area contributed by atoms with Gasteiger partial charge in [0.25, 0.3) is 0 Å². The van der Waals surface area contributed by atoms with Crippen LogP contribution in [0.15, 0.2) is 12.2 Å². The molecule has 3 N–H and O–H groups in total. The van der Waals surface area contributed by atoms with Gasteiger partial charge in [-0.3, -0.25) is 9.59 Å². The molecule has 0 radical (unpaired) electrons. The predicted molar refractivity (Wildman–Crippen MR) is 250 cm³/mol. The highest BCUT2D eigenvalue weighted by atomic mass is 16.5. The van der Waals surface area contributed by atoms with Gasteiger partial charge in [-0.2, -0.15) is 0 Å². The van der Waals surface area contributed by atoms with Crippen molar-refractivity contribution in [2.24, 2.45) is 0 Å². The molecule has 0 aliphatic heterocycles. The minimum Gasteiger partial charge on any atom is -0.462 e. The van der Waals surface area contributed by atoms with Crippen molar-refractivity contribution in [1.29, 1.82) is 0 Å². The first-order valence-electron chi connectivity index (χ1n) is 25.9. The summed E-state index contributed by atoms with van der Waals surface area (Å²) in [6, 6.07) is -0.699. The number of carbonyl (C=O) groups excluding carboxylic acids is 2. The van der Waals surface area contributed by atoms with E-state index in [1.54, 1.807) is 0 Å². The summed E-state index contributed by atoms with van der Waals surface area (Å²) in [4.78, 5) is 26.0. The Bertz CT molecular complexity index is 878. The zero-order valence-corrected chi connectivity index (χ0v) is 39.2. The van der Waals surface area contributed by atoms with Crippen LogP contribution >= 0.6 is 0 Å². The van der Waals surface area contributed by atoms with E-state index in [4.69, 9.17) is 4.74 Å². The molecule has 0 aliphatic carbocycles. The Morgan fingerprint density at radius 3 is 1.29 bits per heavy atom. The van der Waals surface area contributed by atoms with E-state index in [1.807, 2.05) is 0 Å². The van der Waals surface area contributed by atoms with E-state index in [9.17, 15) is 19.8 Å². The SMILES string of the molecule is CCC/C=C\CCCCCC(CC(=O)NC(CO)C(O)CCCCCCCCCCCCCCCCCCC)OC(=O)CCCCCCCCCCCCCCCC. The highest BCUT2D eigenvalue weighted by molar-refractivity contribution is 5.77. The van der Waals surface area contributed by atoms with Crippen LogP contribution in [0.2, 0.25) is 0 Å². The van der Waals surface area contributed by atoms with E-state index in [1.165, 1.54) is 173 Å². The molecular formula is C52H101NO5. The lowest BCUT2D eigenvalue weighted by atomic mass is 10.0. The lowest BCUT2D eigenvalue weighted by molar-refractivity contribution is -0.151. The maximum Gasteiger partial charge on any atom is 0.306 e. The summed E-state index contributed by atoms with van der Waals surface area (Å²) in [6.45, 7) is 6.43. The fraction of sp³-hybridized carbons (Fsp3) is 0.923. The fourth-order valence-electron chi connectivity index (χ4n) is 8.14. The normalized spacial score (nSPS) is 13.3. The van der Waals surface area contributed by atoms with Crippen LogP contribution in [0, 0.1) is 0 Å². The average molecular weight is 820 g/mol. The highest BCUT2D eigenvalue weighted by Gasteiger charge is 2.24. The molecular weight excluding hydrogens is 719 g/mol. The number of hydrogen-bond donors (Lipinski definition) is 3. The van der Waals surface area contributed by atoms with Crippen molar-refractivity contribution in [2.75, 3.05) is 6.61 Å². The molecule has 58 heavy (non-hydrogen) atoms.